The molecule has 0 spiro atoms. The number of ether oxygens (including phenoxy) is 1. The summed E-state index contributed by atoms with van der Waals surface area (Å²) in [6.07, 6.45) is 1.13. The number of rotatable bonds is 4. The number of aliphatic hydroxyl groups is 1. The zero-order chi connectivity index (χ0) is 12.3. The summed E-state index contributed by atoms with van der Waals surface area (Å²) in [5.74, 6) is 0.649. The lowest BCUT2D eigenvalue weighted by atomic mass is 10.1. The first-order chi connectivity index (χ1) is 7.38. The molecule has 4 heteroatoms. The van der Waals surface area contributed by atoms with Crippen LogP contribution in [0, 0.1) is 6.92 Å². The fourth-order valence-corrected chi connectivity index (χ4v) is 1.60. The van der Waals surface area contributed by atoms with Gasteiger partial charge in [0.2, 0.25) is 0 Å². The van der Waals surface area contributed by atoms with E-state index >= 15 is 0 Å². The lowest BCUT2D eigenvalue weighted by Gasteiger charge is -2.23. The van der Waals surface area contributed by atoms with Gasteiger partial charge in [0.1, 0.15) is 5.60 Å². The quantitative estimate of drug-likeness (QED) is 0.851. The monoisotopic (exact) mass is 224 g/mol. The van der Waals surface area contributed by atoms with Gasteiger partial charge in [0, 0.05) is 24.1 Å². The van der Waals surface area contributed by atoms with Crippen LogP contribution in [0.15, 0.2) is 6.20 Å². The maximum Gasteiger partial charge on any atom is 0.159 e. The van der Waals surface area contributed by atoms with Crippen molar-refractivity contribution in [2.75, 3.05) is 6.61 Å². The fourth-order valence-electron chi connectivity index (χ4n) is 1.60. The zero-order valence-electron chi connectivity index (χ0n) is 10.6. The molecule has 0 radical (unpaired) electrons. The highest BCUT2D eigenvalue weighted by molar-refractivity contribution is 5.19. The van der Waals surface area contributed by atoms with Crippen molar-refractivity contribution in [2.45, 2.75) is 46.3 Å². The Balaban J connectivity index is 3.05. The minimum Gasteiger partial charge on any atom is -0.389 e. The van der Waals surface area contributed by atoms with Crippen molar-refractivity contribution in [2.24, 2.45) is 0 Å². The van der Waals surface area contributed by atoms with Gasteiger partial charge in [-0.15, -0.1) is 0 Å². The summed E-state index contributed by atoms with van der Waals surface area (Å²) in [5.41, 5.74) is 1.07. The smallest absolute Gasteiger partial charge is 0.159 e. The van der Waals surface area contributed by atoms with Gasteiger partial charge in [-0.25, -0.2) is 9.97 Å². The number of aromatic nitrogens is 2. The molecular formula is C12H20N2O2. The molecular weight excluding hydrogens is 204 g/mol. The van der Waals surface area contributed by atoms with E-state index in [-0.39, 0.29) is 0 Å². The van der Waals surface area contributed by atoms with Gasteiger partial charge in [-0.2, -0.15) is 0 Å². The predicted molar refractivity (Wildman–Crippen MR) is 62.1 cm³/mol. The van der Waals surface area contributed by atoms with E-state index in [4.69, 9.17) is 4.74 Å². The molecule has 0 aliphatic heterocycles. The summed E-state index contributed by atoms with van der Waals surface area (Å²) in [6, 6.07) is 0. The summed E-state index contributed by atoms with van der Waals surface area (Å²) >= 11 is 0. The van der Waals surface area contributed by atoms with Crippen LogP contribution in [0.3, 0.4) is 0 Å². The highest BCUT2D eigenvalue weighted by atomic mass is 16.5. The van der Waals surface area contributed by atoms with Crippen LogP contribution in [-0.2, 0) is 10.3 Å². The van der Waals surface area contributed by atoms with E-state index in [1.54, 1.807) is 13.1 Å². The van der Waals surface area contributed by atoms with Crippen molar-refractivity contribution in [3.05, 3.63) is 23.3 Å². The molecule has 90 valence electrons. The first-order valence-corrected chi connectivity index (χ1v) is 5.54. The van der Waals surface area contributed by atoms with E-state index in [1.165, 1.54) is 0 Å². The van der Waals surface area contributed by atoms with Crippen molar-refractivity contribution in [1.82, 2.24) is 9.97 Å². The molecule has 1 atom stereocenters. The van der Waals surface area contributed by atoms with Crippen molar-refractivity contribution < 1.29 is 9.84 Å². The highest BCUT2D eigenvalue weighted by Gasteiger charge is 2.24. The SMILES string of the molecule is CCOC(C)(C)c1ncc([C@H](C)O)c(C)n1. The summed E-state index contributed by atoms with van der Waals surface area (Å²) in [5, 5.41) is 9.49. The van der Waals surface area contributed by atoms with Crippen LogP contribution in [0.5, 0.6) is 0 Å². The molecule has 4 nitrogen and oxygen atoms in total. The summed E-state index contributed by atoms with van der Waals surface area (Å²) < 4.78 is 5.58. The van der Waals surface area contributed by atoms with Crippen molar-refractivity contribution in [3.63, 3.8) is 0 Å². The van der Waals surface area contributed by atoms with Gasteiger partial charge in [-0.3, -0.25) is 0 Å². The van der Waals surface area contributed by atoms with Gasteiger partial charge >= 0.3 is 0 Å². The summed E-state index contributed by atoms with van der Waals surface area (Å²) in [6.45, 7) is 10.0. The maximum absolute atomic E-state index is 9.49. The van der Waals surface area contributed by atoms with E-state index in [9.17, 15) is 5.11 Å². The number of nitrogens with zero attached hydrogens (tertiary/aromatic N) is 2. The molecule has 0 saturated heterocycles. The normalized spacial score (nSPS) is 13.9. The van der Waals surface area contributed by atoms with Crippen LogP contribution in [0.25, 0.3) is 0 Å². The number of hydrogen-bond donors (Lipinski definition) is 1. The third-order valence-corrected chi connectivity index (χ3v) is 2.51. The molecule has 0 unspecified atom stereocenters. The number of hydrogen-bond acceptors (Lipinski definition) is 4. The lowest BCUT2D eigenvalue weighted by Crippen LogP contribution is -2.25. The molecule has 16 heavy (non-hydrogen) atoms. The zero-order valence-corrected chi connectivity index (χ0v) is 10.6. The second kappa shape index (κ2) is 4.89. The Labute approximate surface area is 96.7 Å². The molecule has 0 aliphatic rings. The van der Waals surface area contributed by atoms with Crippen LogP contribution >= 0.6 is 0 Å². The molecule has 0 bridgehead atoms. The first-order valence-electron chi connectivity index (χ1n) is 5.54. The van der Waals surface area contributed by atoms with E-state index in [0.29, 0.717) is 12.4 Å². The van der Waals surface area contributed by atoms with Gasteiger partial charge < -0.3 is 9.84 Å². The Kier molecular flexibility index (Phi) is 3.99. The van der Waals surface area contributed by atoms with Crippen LogP contribution < -0.4 is 0 Å². The van der Waals surface area contributed by atoms with Crippen molar-refractivity contribution in [3.8, 4) is 0 Å². The molecule has 1 rings (SSSR count). The van der Waals surface area contributed by atoms with Crippen LogP contribution in [-0.4, -0.2) is 21.7 Å². The Hall–Kier alpha value is -1.00. The second-order valence-corrected chi connectivity index (χ2v) is 4.35. The van der Waals surface area contributed by atoms with Gasteiger partial charge in [-0.05, 0) is 34.6 Å². The molecule has 1 aromatic heterocycles. The average molecular weight is 224 g/mol. The van der Waals surface area contributed by atoms with Crippen LogP contribution in [0.2, 0.25) is 0 Å². The third-order valence-electron chi connectivity index (χ3n) is 2.51. The van der Waals surface area contributed by atoms with E-state index < -0.39 is 11.7 Å². The van der Waals surface area contributed by atoms with E-state index in [2.05, 4.69) is 9.97 Å². The van der Waals surface area contributed by atoms with Gasteiger partial charge in [0.25, 0.3) is 0 Å². The standard InChI is InChI=1S/C12H20N2O2/c1-6-16-12(4,5)11-13-7-10(9(3)15)8(2)14-11/h7,9,15H,6H2,1-5H3/t9-/m0/s1. The Morgan fingerprint density at radius 1 is 1.50 bits per heavy atom. The molecule has 0 aromatic carbocycles. The van der Waals surface area contributed by atoms with Crippen LogP contribution in [0.4, 0.5) is 0 Å². The van der Waals surface area contributed by atoms with Gasteiger partial charge in [-0.1, -0.05) is 0 Å². The number of aryl methyl sites for hydroxylation is 1. The summed E-state index contributed by atoms with van der Waals surface area (Å²) in [4.78, 5) is 8.64. The molecule has 0 fully saturated rings. The first kappa shape index (κ1) is 13.1. The molecule has 1 N–H and O–H groups in total. The largest absolute Gasteiger partial charge is 0.389 e. The van der Waals surface area contributed by atoms with Crippen molar-refractivity contribution >= 4 is 0 Å². The predicted octanol–water partition coefficient (Wildman–Crippen LogP) is 2.11. The lowest BCUT2D eigenvalue weighted by molar-refractivity contribution is -0.0210. The molecule has 1 heterocycles. The topological polar surface area (TPSA) is 55.2 Å². The highest BCUT2D eigenvalue weighted by Crippen LogP contribution is 2.23. The molecule has 0 amide bonds. The average Bonchev–Trinajstić information content (AvgIpc) is 2.16. The number of aliphatic hydroxyl groups excluding tert-OH is 1. The molecule has 1 aromatic rings. The van der Waals surface area contributed by atoms with Crippen molar-refractivity contribution in [1.29, 1.82) is 0 Å². The Morgan fingerprint density at radius 3 is 2.56 bits per heavy atom. The fraction of sp³-hybridized carbons (Fsp3) is 0.667. The van der Waals surface area contributed by atoms with E-state index in [1.807, 2.05) is 27.7 Å². The minimum atomic E-state index is -0.538. The Bertz CT molecular complexity index is 362. The molecule has 0 aliphatic carbocycles. The van der Waals surface area contributed by atoms with Gasteiger partial charge in [0.05, 0.1) is 6.10 Å². The third kappa shape index (κ3) is 2.77. The Morgan fingerprint density at radius 2 is 2.12 bits per heavy atom. The van der Waals surface area contributed by atoms with Crippen LogP contribution in [0.1, 0.15) is 50.9 Å². The minimum absolute atomic E-state index is 0.489. The molecule has 0 saturated carbocycles. The van der Waals surface area contributed by atoms with Gasteiger partial charge in [0.15, 0.2) is 5.82 Å². The van der Waals surface area contributed by atoms with E-state index in [0.717, 1.165) is 11.3 Å². The maximum atomic E-state index is 9.49. The second-order valence-electron chi connectivity index (χ2n) is 4.35. The summed E-state index contributed by atoms with van der Waals surface area (Å²) in [7, 11) is 0.